The minimum Gasteiger partial charge on any atom is -0.370 e. The molecule has 82 valence electrons. The van der Waals surface area contributed by atoms with E-state index in [1.165, 1.54) is 16.7 Å². The van der Waals surface area contributed by atoms with E-state index in [2.05, 4.69) is 32.0 Å². The zero-order valence-electron chi connectivity index (χ0n) is 9.29. The van der Waals surface area contributed by atoms with Gasteiger partial charge in [-0.2, -0.15) is 0 Å². The highest BCUT2D eigenvalue weighted by atomic mass is 16.1. The van der Waals surface area contributed by atoms with Gasteiger partial charge in [-0.25, -0.2) is 0 Å². The molecule has 0 unspecified atom stereocenters. The number of hydrogen-bond donors (Lipinski definition) is 2. The molecule has 0 aliphatic carbocycles. The van der Waals surface area contributed by atoms with Crippen LogP contribution in [0.2, 0.25) is 0 Å². The van der Waals surface area contributed by atoms with E-state index in [1.54, 1.807) is 0 Å². The Morgan fingerprint density at radius 1 is 1.40 bits per heavy atom. The third-order valence-electron chi connectivity index (χ3n) is 2.44. The molecule has 0 heterocycles. The third-order valence-corrected chi connectivity index (χ3v) is 2.44. The Morgan fingerprint density at radius 3 is 2.60 bits per heavy atom. The Labute approximate surface area is 90.5 Å². The number of benzene rings is 1. The summed E-state index contributed by atoms with van der Waals surface area (Å²) in [4.78, 5) is 10.7. The zero-order valence-corrected chi connectivity index (χ0v) is 9.29. The molecule has 0 bridgehead atoms. The molecule has 3 heteroatoms. The topological polar surface area (TPSA) is 69.1 Å². The van der Waals surface area contributed by atoms with Crippen LogP contribution in [0.15, 0.2) is 18.2 Å². The Balaban J connectivity index is 2.68. The number of carbonyl (C=O) groups is 1. The Bertz CT molecular complexity index is 361. The number of aryl methyl sites for hydroxylation is 2. The third kappa shape index (κ3) is 3.72. The Morgan fingerprint density at radius 2 is 2.07 bits per heavy atom. The number of rotatable bonds is 4. The molecule has 0 radical (unpaired) electrons. The zero-order chi connectivity index (χ0) is 11.4. The van der Waals surface area contributed by atoms with Gasteiger partial charge >= 0.3 is 0 Å². The summed E-state index contributed by atoms with van der Waals surface area (Å²) >= 11 is 0. The predicted molar refractivity (Wildman–Crippen MR) is 61.4 cm³/mol. The molecule has 0 saturated carbocycles. The molecule has 0 aromatic heterocycles. The maximum absolute atomic E-state index is 10.7. The van der Waals surface area contributed by atoms with Crippen molar-refractivity contribution in [3.05, 3.63) is 34.9 Å². The number of amides is 1. The first-order valence-electron chi connectivity index (χ1n) is 5.09. The molecule has 1 aromatic carbocycles. The smallest absolute Gasteiger partial charge is 0.218 e. The normalized spacial score (nSPS) is 12.5. The number of nitrogens with two attached hydrogens (primary N) is 2. The lowest BCUT2D eigenvalue weighted by Crippen LogP contribution is -2.29. The molecule has 15 heavy (non-hydrogen) atoms. The van der Waals surface area contributed by atoms with Gasteiger partial charge in [-0.1, -0.05) is 23.8 Å². The molecule has 0 saturated heterocycles. The quantitative estimate of drug-likeness (QED) is 0.773. The number of primary amides is 1. The van der Waals surface area contributed by atoms with Gasteiger partial charge in [0.05, 0.1) is 0 Å². The molecule has 0 fully saturated rings. The lowest BCUT2D eigenvalue weighted by atomic mass is 9.98. The summed E-state index contributed by atoms with van der Waals surface area (Å²) in [6.07, 6.45) is 0.947. The van der Waals surface area contributed by atoms with Crippen LogP contribution in [0.4, 0.5) is 0 Å². The monoisotopic (exact) mass is 206 g/mol. The van der Waals surface area contributed by atoms with Gasteiger partial charge in [0.1, 0.15) is 0 Å². The average Bonchev–Trinajstić information content (AvgIpc) is 2.08. The van der Waals surface area contributed by atoms with Crippen LogP contribution in [-0.4, -0.2) is 11.9 Å². The molecular weight excluding hydrogens is 188 g/mol. The van der Waals surface area contributed by atoms with Gasteiger partial charge < -0.3 is 11.5 Å². The minimum atomic E-state index is -0.340. The van der Waals surface area contributed by atoms with Gasteiger partial charge in [0.2, 0.25) is 5.91 Å². The summed E-state index contributed by atoms with van der Waals surface area (Å²) in [5, 5.41) is 0. The van der Waals surface area contributed by atoms with E-state index in [-0.39, 0.29) is 18.4 Å². The highest BCUT2D eigenvalue weighted by Gasteiger charge is 2.08. The molecule has 0 aliphatic rings. The second-order valence-corrected chi connectivity index (χ2v) is 4.06. The van der Waals surface area contributed by atoms with Crippen LogP contribution in [0.1, 0.15) is 23.1 Å². The van der Waals surface area contributed by atoms with Crippen LogP contribution < -0.4 is 11.5 Å². The first kappa shape index (κ1) is 11.7. The summed E-state index contributed by atoms with van der Waals surface area (Å²) < 4.78 is 0. The average molecular weight is 206 g/mol. The van der Waals surface area contributed by atoms with Gasteiger partial charge in [0, 0.05) is 12.5 Å². The maximum atomic E-state index is 10.7. The SMILES string of the molecule is Cc1ccc(C[C@@H](N)CC(N)=O)c(C)c1. The van der Waals surface area contributed by atoms with Crippen molar-refractivity contribution in [1.29, 1.82) is 0 Å². The van der Waals surface area contributed by atoms with Gasteiger partial charge in [0.25, 0.3) is 0 Å². The number of carbonyl (C=O) groups excluding carboxylic acids is 1. The van der Waals surface area contributed by atoms with E-state index in [0.717, 1.165) is 0 Å². The van der Waals surface area contributed by atoms with Gasteiger partial charge in [-0.05, 0) is 31.4 Å². The molecule has 0 aliphatic heterocycles. The van der Waals surface area contributed by atoms with Crippen LogP contribution in [0.3, 0.4) is 0 Å². The molecule has 3 nitrogen and oxygen atoms in total. The molecular formula is C12H18N2O. The highest BCUT2D eigenvalue weighted by Crippen LogP contribution is 2.12. The number of hydrogen-bond acceptors (Lipinski definition) is 2. The van der Waals surface area contributed by atoms with Gasteiger partial charge in [0.15, 0.2) is 0 Å². The molecule has 1 atom stereocenters. The van der Waals surface area contributed by atoms with E-state index in [0.29, 0.717) is 6.42 Å². The fourth-order valence-corrected chi connectivity index (χ4v) is 1.69. The van der Waals surface area contributed by atoms with Crippen molar-refractivity contribution in [1.82, 2.24) is 0 Å². The van der Waals surface area contributed by atoms with Gasteiger partial charge in [-0.3, -0.25) is 4.79 Å². The van der Waals surface area contributed by atoms with Crippen LogP contribution in [0, 0.1) is 13.8 Å². The van der Waals surface area contributed by atoms with Crippen molar-refractivity contribution in [2.75, 3.05) is 0 Å². The second-order valence-electron chi connectivity index (χ2n) is 4.06. The van der Waals surface area contributed by atoms with E-state index in [1.807, 2.05) is 0 Å². The molecule has 1 amide bonds. The van der Waals surface area contributed by atoms with E-state index in [4.69, 9.17) is 11.5 Å². The molecule has 1 aromatic rings. The summed E-state index contributed by atoms with van der Waals surface area (Å²) in [5.74, 6) is -0.340. The standard InChI is InChI=1S/C12H18N2O/c1-8-3-4-10(9(2)5-8)6-11(13)7-12(14)15/h3-5,11H,6-7,13H2,1-2H3,(H2,14,15)/t11-/m1/s1. The molecule has 1 rings (SSSR count). The van der Waals surface area contributed by atoms with Crippen molar-refractivity contribution < 1.29 is 4.79 Å². The van der Waals surface area contributed by atoms with Gasteiger partial charge in [-0.15, -0.1) is 0 Å². The first-order chi connectivity index (χ1) is 6.99. The van der Waals surface area contributed by atoms with Crippen molar-refractivity contribution in [3.8, 4) is 0 Å². The van der Waals surface area contributed by atoms with Crippen LogP contribution in [-0.2, 0) is 11.2 Å². The minimum absolute atomic E-state index is 0.177. The van der Waals surface area contributed by atoms with Crippen molar-refractivity contribution in [2.24, 2.45) is 11.5 Å². The van der Waals surface area contributed by atoms with Crippen LogP contribution in [0.5, 0.6) is 0 Å². The first-order valence-corrected chi connectivity index (χ1v) is 5.09. The van der Waals surface area contributed by atoms with E-state index >= 15 is 0 Å². The maximum Gasteiger partial charge on any atom is 0.218 e. The summed E-state index contributed by atoms with van der Waals surface area (Å²) in [7, 11) is 0. The Hall–Kier alpha value is -1.35. The Kier molecular flexibility index (Phi) is 3.86. The van der Waals surface area contributed by atoms with E-state index in [9.17, 15) is 4.79 Å². The molecule has 0 spiro atoms. The lowest BCUT2D eigenvalue weighted by Gasteiger charge is -2.12. The van der Waals surface area contributed by atoms with Crippen molar-refractivity contribution in [2.45, 2.75) is 32.7 Å². The fourth-order valence-electron chi connectivity index (χ4n) is 1.69. The predicted octanol–water partition coefficient (Wildman–Crippen LogP) is 1.05. The fraction of sp³-hybridized carbons (Fsp3) is 0.417. The van der Waals surface area contributed by atoms with Crippen molar-refractivity contribution >= 4 is 5.91 Å². The summed E-state index contributed by atoms with van der Waals surface area (Å²) in [6, 6.07) is 6.06. The summed E-state index contributed by atoms with van der Waals surface area (Å²) in [5.41, 5.74) is 14.5. The van der Waals surface area contributed by atoms with Crippen LogP contribution >= 0.6 is 0 Å². The summed E-state index contributed by atoms with van der Waals surface area (Å²) in [6.45, 7) is 4.11. The highest BCUT2D eigenvalue weighted by molar-refractivity contribution is 5.74. The second kappa shape index (κ2) is 4.94. The largest absolute Gasteiger partial charge is 0.370 e. The molecule has 4 N–H and O–H groups in total. The lowest BCUT2D eigenvalue weighted by molar-refractivity contribution is -0.118. The van der Waals surface area contributed by atoms with E-state index < -0.39 is 0 Å². The van der Waals surface area contributed by atoms with Crippen molar-refractivity contribution in [3.63, 3.8) is 0 Å². The van der Waals surface area contributed by atoms with Crippen LogP contribution in [0.25, 0.3) is 0 Å².